The number of nitrogens with one attached hydrogen (secondary N) is 1. The molecule has 2 aromatic rings. The number of rotatable bonds is 5. The van der Waals surface area contributed by atoms with E-state index in [2.05, 4.69) is 5.32 Å². The number of aromatic hydroxyl groups is 2. The molecule has 4 atom stereocenters. The molecule has 1 heterocycles. The van der Waals surface area contributed by atoms with Crippen molar-refractivity contribution in [3.05, 3.63) is 57.6 Å². The van der Waals surface area contributed by atoms with Gasteiger partial charge in [-0.15, -0.1) is 0 Å². The van der Waals surface area contributed by atoms with Gasteiger partial charge in [0.15, 0.2) is 17.9 Å². The summed E-state index contributed by atoms with van der Waals surface area (Å²) >= 11 is 0. The number of benzene rings is 2. The number of ether oxygens (including phenoxy) is 2. The number of ketones is 2. The van der Waals surface area contributed by atoms with Crippen LogP contribution in [-0.2, 0) is 15.9 Å². The number of aliphatic hydroxyl groups is 1. The zero-order valence-corrected chi connectivity index (χ0v) is 20.0. The van der Waals surface area contributed by atoms with E-state index in [1.165, 1.54) is 6.07 Å². The van der Waals surface area contributed by atoms with Crippen molar-refractivity contribution in [3.63, 3.8) is 0 Å². The highest BCUT2D eigenvalue weighted by Gasteiger charge is 2.50. The number of fused-ring (bicyclic) bond motifs is 3. The average Bonchev–Trinajstić information content (AvgIpc) is 3.26. The van der Waals surface area contributed by atoms with E-state index in [1.54, 1.807) is 25.1 Å². The summed E-state index contributed by atoms with van der Waals surface area (Å²) in [5, 5.41) is 37.8. The monoisotopic (exact) mass is 482 g/mol. The lowest BCUT2D eigenvalue weighted by Crippen LogP contribution is -2.51. The second kappa shape index (κ2) is 8.69. The van der Waals surface area contributed by atoms with E-state index in [-0.39, 0.29) is 58.8 Å². The molecule has 9 heteroatoms. The van der Waals surface area contributed by atoms with Crippen LogP contribution in [0.3, 0.4) is 0 Å². The third-order valence-electron chi connectivity index (χ3n) is 7.24. The van der Waals surface area contributed by atoms with Crippen LogP contribution in [0.25, 0.3) is 0 Å². The van der Waals surface area contributed by atoms with Gasteiger partial charge in [0, 0.05) is 47.8 Å². The fraction of sp³-hybridized carbons (Fsp3) is 0.462. The predicted molar refractivity (Wildman–Crippen MR) is 126 cm³/mol. The lowest BCUT2D eigenvalue weighted by Gasteiger charge is -2.42. The van der Waals surface area contributed by atoms with Gasteiger partial charge in [-0.25, -0.2) is 0 Å². The van der Waals surface area contributed by atoms with Gasteiger partial charge in [-0.1, -0.05) is 24.3 Å². The summed E-state index contributed by atoms with van der Waals surface area (Å²) in [6.45, 7) is 3.14. The highest BCUT2D eigenvalue weighted by atomic mass is 16.7. The van der Waals surface area contributed by atoms with E-state index in [0.717, 1.165) is 0 Å². The van der Waals surface area contributed by atoms with Gasteiger partial charge in [0.2, 0.25) is 0 Å². The lowest BCUT2D eigenvalue weighted by molar-refractivity contribution is -0.121. The average molecular weight is 483 g/mol. The molecule has 3 aliphatic rings. The van der Waals surface area contributed by atoms with E-state index in [1.807, 2.05) is 19.0 Å². The van der Waals surface area contributed by atoms with Gasteiger partial charge in [0.05, 0.1) is 23.3 Å². The fourth-order valence-corrected chi connectivity index (χ4v) is 5.47. The van der Waals surface area contributed by atoms with Gasteiger partial charge < -0.3 is 35.0 Å². The van der Waals surface area contributed by atoms with Crippen molar-refractivity contribution in [2.75, 3.05) is 33.8 Å². The Morgan fingerprint density at radius 3 is 2.29 bits per heavy atom. The smallest absolute Gasteiger partial charge is 0.198 e. The topological polar surface area (TPSA) is 129 Å². The largest absolute Gasteiger partial charge is 0.507 e. The van der Waals surface area contributed by atoms with Gasteiger partial charge in [-0.2, -0.15) is 0 Å². The first kappa shape index (κ1) is 23.9. The van der Waals surface area contributed by atoms with Crippen molar-refractivity contribution in [1.29, 1.82) is 0 Å². The Morgan fingerprint density at radius 1 is 1.09 bits per heavy atom. The molecule has 0 amide bonds. The number of carbonyl (C=O) groups excluding carboxylic acids is 2. The van der Waals surface area contributed by atoms with Gasteiger partial charge in [0.1, 0.15) is 17.6 Å². The lowest BCUT2D eigenvalue weighted by atomic mass is 9.70. The van der Waals surface area contributed by atoms with Crippen LogP contribution < -0.4 is 5.32 Å². The van der Waals surface area contributed by atoms with Crippen molar-refractivity contribution < 1.29 is 34.4 Å². The molecular weight excluding hydrogens is 452 g/mol. The van der Waals surface area contributed by atoms with E-state index in [9.17, 15) is 24.9 Å². The Bertz CT molecular complexity index is 1210. The van der Waals surface area contributed by atoms with Crippen LogP contribution in [0.5, 0.6) is 11.5 Å². The maximum absolute atomic E-state index is 13.4. The highest BCUT2D eigenvalue weighted by molar-refractivity contribution is 6.30. The SMILES string of the molecule is CC1OCC([C@]2(O)Cc3c(O)c4c(c(O)c3[C@@H](NCCN(C)C)C2)C(=O)c2ccccc2C4=O)O1. The summed E-state index contributed by atoms with van der Waals surface area (Å²) in [6.07, 6.45) is -1.03. The van der Waals surface area contributed by atoms with Crippen LogP contribution >= 0.6 is 0 Å². The molecule has 0 spiro atoms. The molecule has 1 saturated heterocycles. The standard InChI is InChI=1S/C26H30N2O7/c1-13-34-12-18(35-13)26(33)10-16-19(17(11-26)27-8-9-28(2)3)25(32)21-20(24(16)31)22(29)14-6-4-5-7-15(14)23(21)30/h4-7,13,17-18,27,31-33H,8-12H2,1-3H3/t13?,17-,18?,26-/m0/s1. The van der Waals surface area contributed by atoms with Gasteiger partial charge in [-0.3, -0.25) is 9.59 Å². The summed E-state index contributed by atoms with van der Waals surface area (Å²) in [7, 11) is 3.86. The molecule has 0 radical (unpaired) electrons. The van der Waals surface area contributed by atoms with Gasteiger partial charge in [0.25, 0.3) is 0 Å². The van der Waals surface area contributed by atoms with E-state index >= 15 is 0 Å². The van der Waals surface area contributed by atoms with Crippen LogP contribution in [0.2, 0.25) is 0 Å². The van der Waals surface area contributed by atoms with Crippen molar-refractivity contribution in [3.8, 4) is 11.5 Å². The first-order valence-corrected chi connectivity index (χ1v) is 11.8. The van der Waals surface area contributed by atoms with Crippen LogP contribution in [0.4, 0.5) is 0 Å². The minimum absolute atomic E-state index is 0.0648. The molecule has 4 N–H and O–H groups in total. The summed E-state index contributed by atoms with van der Waals surface area (Å²) in [5.74, 6) is -1.77. The van der Waals surface area contributed by atoms with Gasteiger partial charge >= 0.3 is 0 Å². The number of phenolic OH excluding ortho intramolecular Hbond substituents is 2. The van der Waals surface area contributed by atoms with Crippen LogP contribution in [0.15, 0.2) is 24.3 Å². The Balaban J connectivity index is 1.66. The van der Waals surface area contributed by atoms with Crippen LogP contribution in [-0.4, -0.2) is 83.6 Å². The minimum atomic E-state index is -1.43. The second-order valence-corrected chi connectivity index (χ2v) is 9.86. The van der Waals surface area contributed by atoms with E-state index < -0.39 is 35.6 Å². The Morgan fingerprint density at radius 2 is 1.71 bits per heavy atom. The molecule has 0 bridgehead atoms. The summed E-state index contributed by atoms with van der Waals surface area (Å²) < 4.78 is 11.3. The molecule has 9 nitrogen and oxygen atoms in total. The van der Waals surface area contributed by atoms with Gasteiger partial charge in [-0.05, 0) is 27.4 Å². The molecule has 2 aromatic carbocycles. The molecule has 1 aliphatic heterocycles. The first-order chi connectivity index (χ1) is 16.6. The first-order valence-electron chi connectivity index (χ1n) is 11.8. The number of carbonyl (C=O) groups is 2. The predicted octanol–water partition coefficient (Wildman–Crippen LogP) is 1.50. The third kappa shape index (κ3) is 3.84. The van der Waals surface area contributed by atoms with E-state index in [4.69, 9.17) is 9.47 Å². The fourth-order valence-electron chi connectivity index (χ4n) is 5.47. The molecule has 0 aromatic heterocycles. The molecule has 35 heavy (non-hydrogen) atoms. The van der Waals surface area contributed by atoms with Crippen molar-refractivity contribution in [2.45, 2.75) is 43.8 Å². The van der Waals surface area contributed by atoms with Crippen molar-refractivity contribution in [2.24, 2.45) is 0 Å². The number of phenols is 2. The zero-order chi connectivity index (χ0) is 25.1. The third-order valence-corrected chi connectivity index (χ3v) is 7.24. The minimum Gasteiger partial charge on any atom is -0.507 e. The van der Waals surface area contributed by atoms with Crippen LogP contribution in [0.1, 0.15) is 62.4 Å². The second-order valence-electron chi connectivity index (χ2n) is 9.86. The Kier molecular flexibility index (Phi) is 5.93. The van der Waals surface area contributed by atoms with Crippen LogP contribution in [0, 0.1) is 0 Å². The number of nitrogens with zero attached hydrogens (tertiary/aromatic N) is 1. The van der Waals surface area contributed by atoms with Crippen molar-refractivity contribution >= 4 is 11.6 Å². The zero-order valence-electron chi connectivity index (χ0n) is 20.0. The number of hydrogen-bond acceptors (Lipinski definition) is 9. The summed E-state index contributed by atoms with van der Waals surface area (Å²) in [4.78, 5) is 28.7. The maximum atomic E-state index is 13.4. The molecule has 1 fully saturated rings. The highest BCUT2D eigenvalue weighted by Crippen LogP contribution is 2.51. The molecule has 0 saturated carbocycles. The normalized spacial score (nSPS) is 27.6. The van der Waals surface area contributed by atoms with Crippen molar-refractivity contribution in [1.82, 2.24) is 10.2 Å². The quantitative estimate of drug-likeness (QED) is 0.400. The molecular formula is C26H30N2O7. The molecule has 186 valence electrons. The molecule has 5 rings (SSSR count). The molecule has 2 unspecified atom stereocenters. The maximum Gasteiger partial charge on any atom is 0.198 e. The molecule has 2 aliphatic carbocycles. The Labute approximate surface area is 203 Å². The van der Waals surface area contributed by atoms with E-state index in [0.29, 0.717) is 18.7 Å². The Hall–Kier alpha value is -2.82. The summed E-state index contributed by atoms with van der Waals surface area (Å²) in [5.41, 5.74) is -0.909. The number of hydrogen-bond donors (Lipinski definition) is 4. The summed E-state index contributed by atoms with van der Waals surface area (Å²) in [6, 6.07) is 5.77. The number of likely N-dealkylation sites (N-methyl/N-ethyl adjacent to an activating group) is 1.